The Balaban J connectivity index is 1.59. The van der Waals surface area contributed by atoms with Gasteiger partial charge in [0.25, 0.3) is 0 Å². The van der Waals surface area contributed by atoms with Crippen LogP contribution in [0.2, 0.25) is 0 Å². The summed E-state index contributed by atoms with van der Waals surface area (Å²) in [4.78, 5) is 23.6. The van der Waals surface area contributed by atoms with Crippen molar-refractivity contribution >= 4 is 32.6 Å². The van der Waals surface area contributed by atoms with E-state index in [2.05, 4.69) is 20.3 Å². The van der Waals surface area contributed by atoms with Crippen LogP contribution >= 0.6 is 11.3 Å². The van der Waals surface area contributed by atoms with E-state index in [4.69, 9.17) is 10.5 Å². The molecule has 0 fully saturated rings. The second-order valence-corrected chi connectivity index (χ2v) is 7.39. The van der Waals surface area contributed by atoms with Gasteiger partial charge in [-0.3, -0.25) is 4.79 Å². The number of carbonyl (C=O) groups excluding carboxylic acids is 1. The Morgan fingerprint density at radius 1 is 1.13 bits per heavy atom. The van der Waals surface area contributed by atoms with Crippen LogP contribution in [0.15, 0.2) is 54.9 Å². The second kappa shape index (κ2) is 8.19. The Morgan fingerprint density at radius 2 is 1.90 bits per heavy atom. The number of primary amides is 1. The molecule has 4 aromatic rings. The Hall–Kier alpha value is -3.73. The first-order chi connectivity index (χ1) is 14.8. The number of hydrogen-bond donors (Lipinski definition) is 2. The highest BCUT2D eigenvalue weighted by Gasteiger charge is 2.30. The van der Waals surface area contributed by atoms with Crippen LogP contribution in [-0.4, -0.2) is 27.4 Å². The second-order valence-electron chi connectivity index (χ2n) is 6.36. The predicted octanol–water partition coefficient (Wildman–Crippen LogP) is 4.46. The summed E-state index contributed by atoms with van der Waals surface area (Å²) in [5, 5.41) is 3.35. The van der Waals surface area contributed by atoms with Crippen molar-refractivity contribution < 1.29 is 22.7 Å². The standard InChI is InChI=1S/C20H14F3N5O2S/c21-20(22,23)12-6-4-11(5-7-12)13-8-17(27-10-26-13)30-14-2-1-3-15-18(14)28-19(31-15)25-9-16(24)29/h1-8,10H,9H2,(H2,24,29)(H,25,28). The summed E-state index contributed by atoms with van der Waals surface area (Å²) in [6.45, 7) is -0.0432. The lowest BCUT2D eigenvalue weighted by molar-refractivity contribution is -0.137. The number of rotatable bonds is 6. The lowest BCUT2D eigenvalue weighted by atomic mass is 10.1. The third-order valence-corrected chi connectivity index (χ3v) is 5.14. The number of alkyl halides is 3. The zero-order valence-corrected chi connectivity index (χ0v) is 16.5. The topological polar surface area (TPSA) is 103 Å². The van der Waals surface area contributed by atoms with Crippen LogP contribution < -0.4 is 15.8 Å². The van der Waals surface area contributed by atoms with E-state index >= 15 is 0 Å². The van der Waals surface area contributed by atoms with Crippen LogP contribution in [0.1, 0.15) is 5.56 Å². The summed E-state index contributed by atoms with van der Waals surface area (Å²) in [7, 11) is 0. The molecule has 2 aromatic heterocycles. The number of hydrogen-bond acceptors (Lipinski definition) is 7. The Labute approximate surface area is 177 Å². The first-order valence-electron chi connectivity index (χ1n) is 8.89. The number of aromatic nitrogens is 3. The maximum atomic E-state index is 12.8. The van der Waals surface area contributed by atoms with Gasteiger partial charge in [0.1, 0.15) is 11.8 Å². The molecule has 31 heavy (non-hydrogen) atoms. The van der Waals surface area contributed by atoms with Gasteiger partial charge >= 0.3 is 6.18 Å². The van der Waals surface area contributed by atoms with Crippen LogP contribution in [0.4, 0.5) is 18.3 Å². The molecular formula is C20H14F3N5O2S. The van der Waals surface area contributed by atoms with Crippen molar-refractivity contribution in [2.75, 3.05) is 11.9 Å². The molecule has 0 atom stereocenters. The lowest BCUT2D eigenvalue weighted by Crippen LogP contribution is -2.21. The normalized spacial score (nSPS) is 11.5. The van der Waals surface area contributed by atoms with Crippen LogP contribution in [-0.2, 0) is 11.0 Å². The highest BCUT2D eigenvalue weighted by molar-refractivity contribution is 7.22. The summed E-state index contributed by atoms with van der Waals surface area (Å²) < 4.78 is 45.0. The molecule has 0 aliphatic rings. The predicted molar refractivity (Wildman–Crippen MR) is 110 cm³/mol. The summed E-state index contributed by atoms with van der Waals surface area (Å²) >= 11 is 1.33. The maximum absolute atomic E-state index is 12.8. The number of anilines is 1. The molecule has 0 aliphatic heterocycles. The fourth-order valence-corrected chi connectivity index (χ4v) is 3.62. The number of amides is 1. The van der Waals surface area contributed by atoms with E-state index in [0.29, 0.717) is 27.7 Å². The molecule has 7 nitrogen and oxygen atoms in total. The summed E-state index contributed by atoms with van der Waals surface area (Å²) in [5.41, 5.74) is 5.87. The van der Waals surface area contributed by atoms with Gasteiger partial charge < -0.3 is 15.8 Å². The van der Waals surface area contributed by atoms with Crippen molar-refractivity contribution in [2.24, 2.45) is 5.73 Å². The lowest BCUT2D eigenvalue weighted by Gasteiger charge is -2.09. The zero-order chi connectivity index (χ0) is 22.0. The molecule has 1 amide bonds. The third-order valence-electron chi connectivity index (χ3n) is 4.16. The number of nitrogens with one attached hydrogen (secondary N) is 1. The van der Waals surface area contributed by atoms with E-state index in [0.717, 1.165) is 16.8 Å². The van der Waals surface area contributed by atoms with Crippen LogP contribution in [0, 0.1) is 0 Å². The molecular weight excluding hydrogens is 431 g/mol. The average molecular weight is 445 g/mol. The number of fused-ring (bicyclic) bond motifs is 1. The minimum absolute atomic E-state index is 0.0432. The van der Waals surface area contributed by atoms with Crippen LogP contribution in [0.5, 0.6) is 11.6 Å². The Kier molecular flexibility index (Phi) is 5.42. The third kappa shape index (κ3) is 4.72. The number of halogens is 3. The smallest absolute Gasteiger partial charge is 0.416 e. The monoisotopic (exact) mass is 445 g/mol. The average Bonchev–Trinajstić information content (AvgIpc) is 3.16. The van der Waals surface area contributed by atoms with E-state index in [1.54, 1.807) is 12.1 Å². The zero-order valence-electron chi connectivity index (χ0n) is 15.7. The van der Waals surface area contributed by atoms with Gasteiger partial charge in [-0.15, -0.1) is 0 Å². The summed E-state index contributed by atoms with van der Waals surface area (Å²) in [6, 6.07) is 11.5. The fraction of sp³-hybridized carbons (Fsp3) is 0.100. The number of nitrogens with two attached hydrogens (primary N) is 1. The van der Waals surface area contributed by atoms with E-state index in [-0.39, 0.29) is 12.4 Å². The molecule has 0 saturated carbocycles. The van der Waals surface area contributed by atoms with E-state index < -0.39 is 17.6 Å². The molecule has 0 saturated heterocycles. The first-order valence-corrected chi connectivity index (χ1v) is 9.70. The number of ether oxygens (including phenoxy) is 1. The molecule has 4 rings (SSSR count). The molecule has 0 spiro atoms. The first kappa shape index (κ1) is 20.5. The van der Waals surface area contributed by atoms with Gasteiger partial charge in [-0.25, -0.2) is 15.0 Å². The van der Waals surface area contributed by atoms with Gasteiger partial charge in [0, 0.05) is 11.6 Å². The number of carbonyl (C=O) groups is 1. The molecule has 3 N–H and O–H groups in total. The van der Waals surface area contributed by atoms with Gasteiger partial charge in [-0.2, -0.15) is 13.2 Å². The molecule has 2 heterocycles. The molecule has 0 aliphatic carbocycles. The van der Waals surface area contributed by atoms with Crippen molar-refractivity contribution in [1.29, 1.82) is 0 Å². The van der Waals surface area contributed by atoms with E-state index in [9.17, 15) is 18.0 Å². The van der Waals surface area contributed by atoms with Crippen molar-refractivity contribution in [3.8, 4) is 22.9 Å². The molecule has 0 bridgehead atoms. The van der Waals surface area contributed by atoms with Crippen molar-refractivity contribution in [3.05, 3.63) is 60.4 Å². The van der Waals surface area contributed by atoms with Gasteiger partial charge in [-0.1, -0.05) is 29.5 Å². The van der Waals surface area contributed by atoms with Gasteiger partial charge in [0.15, 0.2) is 10.9 Å². The molecule has 2 aromatic carbocycles. The number of thiazole rings is 1. The molecule has 0 radical (unpaired) electrons. The van der Waals surface area contributed by atoms with E-state index in [1.807, 2.05) is 6.07 Å². The number of nitrogens with zero attached hydrogens (tertiary/aromatic N) is 3. The SMILES string of the molecule is NC(=O)CNc1nc2c(Oc3cc(-c4ccc(C(F)(F)F)cc4)ncn3)cccc2s1. The minimum Gasteiger partial charge on any atom is -0.437 e. The maximum Gasteiger partial charge on any atom is 0.416 e. The van der Waals surface area contributed by atoms with Crippen molar-refractivity contribution in [1.82, 2.24) is 15.0 Å². The largest absolute Gasteiger partial charge is 0.437 e. The molecule has 11 heteroatoms. The fourth-order valence-electron chi connectivity index (χ4n) is 2.74. The molecule has 0 unspecified atom stereocenters. The van der Waals surface area contributed by atoms with Gasteiger partial charge in [-0.05, 0) is 24.3 Å². The summed E-state index contributed by atoms with van der Waals surface area (Å²) in [5.74, 6) is 0.127. The van der Waals surface area contributed by atoms with Crippen LogP contribution in [0.25, 0.3) is 21.5 Å². The molecule has 158 valence electrons. The Bertz CT molecular complexity index is 1240. The Morgan fingerprint density at radius 3 is 2.61 bits per heavy atom. The van der Waals surface area contributed by atoms with Crippen molar-refractivity contribution in [3.63, 3.8) is 0 Å². The highest BCUT2D eigenvalue weighted by Crippen LogP contribution is 2.35. The van der Waals surface area contributed by atoms with Gasteiger partial charge in [0.05, 0.1) is 22.5 Å². The number of para-hydroxylation sites is 1. The van der Waals surface area contributed by atoms with Crippen LogP contribution in [0.3, 0.4) is 0 Å². The van der Waals surface area contributed by atoms with Gasteiger partial charge in [0.2, 0.25) is 11.8 Å². The van der Waals surface area contributed by atoms with Crippen molar-refractivity contribution in [2.45, 2.75) is 6.18 Å². The highest BCUT2D eigenvalue weighted by atomic mass is 32.1. The van der Waals surface area contributed by atoms with E-state index in [1.165, 1.54) is 35.9 Å². The number of benzene rings is 2. The minimum atomic E-state index is -4.41. The quantitative estimate of drug-likeness (QED) is 0.454. The summed E-state index contributed by atoms with van der Waals surface area (Å²) in [6.07, 6.45) is -3.14.